The molecule has 2 aromatic heterocycles. The molecule has 3 rings (SSSR count). The van der Waals surface area contributed by atoms with Gasteiger partial charge >= 0.3 is 17.6 Å². The van der Waals surface area contributed by atoms with Crippen molar-refractivity contribution in [2.24, 2.45) is 0 Å². The van der Waals surface area contributed by atoms with E-state index in [1.54, 1.807) is 18.2 Å². The number of hydrogen-bond acceptors (Lipinski definition) is 6. The normalized spacial score (nSPS) is 11.9. The summed E-state index contributed by atoms with van der Waals surface area (Å²) in [6, 6.07) is 5.77. The van der Waals surface area contributed by atoms with E-state index in [4.69, 9.17) is 14.3 Å². The summed E-state index contributed by atoms with van der Waals surface area (Å²) in [5, 5.41) is 18.6. The first kappa shape index (κ1) is 20.6. The fraction of sp³-hybridized carbons (Fsp3) is 0.200. The van der Waals surface area contributed by atoms with Gasteiger partial charge in [-0.3, -0.25) is 14.2 Å². The van der Waals surface area contributed by atoms with Crippen molar-refractivity contribution in [3.8, 4) is 5.75 Å². The average Bonchev–Trinajstić information content (AvgIpc) is 3.21. The summed E-state index contributed by atoms with van der Waals surface area (Å²) in [7, 11) is 0. The molecule has 0 saturated carbocycles. The van der Waals surface area contributed by atoms with E-state index in [1.807, 2.05) is 0 Å². The monoisotopic (exact) mass is 414 g/mol. The van der Waals surface area contributed by atoms with E-state index < -0.39 is 35.7 Å². The lowest BCUT2D eigenvalue weighted by Crippen LogP contribution is -2.45. The number of rotatable bonds is 9. The maximum atomic E-state index is 13.1. The Labute approximate surface area is 168 Å². The second-order valence-electron chi connectivity index (χ2n) is 6.35. The molecule has 156 valence electrons. The van der Waals surface area contributed by atoms with Crippen LogP contribution in [0.3, 0.4) is 0 Å². The minimum absolute atomic E-state index is 0.000595. The highest BCUT2D eigenvalue weighted by Gasteiger charge is 2.28. The molecule has 2 heterocycles. The van der Waals surface area contributed by atoms with Gasteiger partial charge in [0.2, 0.25) is 0 Å². The van der Waals surface area contributed by atoms with Crippen molar-refractivity contribution in [3.05, 3.63) is 75.8 Å². The SMILES string of the molecule is C=CCOc1ccc2c(c1)c(=O)n([C@@H](CC(=O)O)C(=O)O)c(=O)n2Cc1ccco1. The number of carboxylic acids is 2. The molecule has 0 spiro atoms. The molecule has 0 aliphatic carbocycles. The standard InChI is InChI=1S/C20H18N2O8/c1-2-7-29-12-5-6-15-14(9-12)18(25)22(16(19(26)27)10-17(23)24)20(28)21(15)11-13-4-3-8-30-13/h2-6,8-9,16H,1,7,10-11H2,(H,23,24)(H,26,27)/t16-/m0/s1. The molecule has 0 amide bonds. The van der Waals surface area contributed by atoms with Gasteiger partial charge < -0.3 is 19.4 Å². The first-order chi connectivity index (χ1) is 14.3. The van der Waals surface area contributed by atoms with E-state index in [9.17, 15) is 24.3 Å². The van der Waals surface area contributed by atoms with E-state index in [0.717, 1.165) is 4.57 Å². The van der Waals surface area contributed by atoms with Crippen LogP contribution in [0.15, 0.2) is 63.3 Å². The van der Waals surface area contributed by atoms with Crippen molar-refractivity contribution in [2.45, 2.75) is 19.0 Å². The number of aliphatic carboxylic acids is 2. The molecule has 0 aliphatic rings. The van der Waals surface area contributed by atoms with Crippen molar-refractivity contribution in [1.29, 1.82) is 0 Å². The van der Waals surface area contributed by atoms with Gasteiger partial charge in [-0.1, -0.05) is 12.7 Å². The Morgan fingerprint density at radius 1 is 1.23 bits per heavy atom. The number of ether oxygens (including phenoxy) is 1. The smallest absolute Gasteiger partial charge is 0.332 e. The lowest BCUT2D eigenvalue weighted by Gasteiger charge is -2.18. The van der Waals surface area contributed by atoms with E-state index in [0.29, 0.717) is 16.1 Å². The lowest BCUT2D eigenvalue weighted by molar-refractivity contribution is -0.147. The maximum Gasteiger partial charge on any atom is 0.332 e. The van der Waals surface area contributed by atoms with Gasteiger partial charge in [-0.2, -0.15) is 0 Å². The quantitative estimate of drug-likeness (QED) is 0.502. The zero-order valence-electron chi connectivity index (χ0n) is 15.7. The first-order valence-corrected chi connectivity index (χ1v) is 8.83. The summed E-state index contributed by atoms with van der Waals surface area (Å²) in [6.07, 6.45) is 1.97. The number of carbonyl (C=O) groups is 2. The van der Waals surface area contributed by atoms with Crippen molar-refractivity contribution >= 4 is 22.8 Å². The number of benzene rings is 1. The van der Waals surface area contributed by atoms with Gasteiger partial charge in [0, 0.05) is 0 Å². The second kappa shape index (κ2) is 8.52. The van der Waals surface area contributed by atoms with Gasteiger partial charge in [-0.25, -0.2) is 14.2 Å². The van der Waals surface area contributed by atoms with Crippen LogP contribution < -0.4 is 16.0 Å². The molecular formula is C20H18N2O8. The van der Waals surface area contributed by atoms with Gasteiger partial charge in [-0.05, 0) is 30.3 Å². The summed E-state index contributed by atoms with van der Waals surface area (Å²) < 4.78 is 12.3. The van der Waals surface area contributed by atoms with E-state index >= 15 is 0 Å². The molecule has 10 heteroatoms. The number of fused-ring (bicyclic) bond motifs is 1. The van der Waals surface area contributed by atoms with Crippen molar-refractivity contribution in [2.75, 3.05) is 6.61 Å². The second-order valence-corrected chi connectivity index (χ2v) is 6.35. The van der Waals surface area contributed by atoms with Crippen LogP contribution in [0.4, 0.5) is 0 Å². The molecule has 0 bridgehead atoms. The van der Waals surface area contributed by atoms with Gasteiger partial charge in [0.05, 0.1) is 30.1 Å². The number of nitrogens with zero attached hydrogens (tertiary/aromatic N) is 2. The van der Waals surface area contributed by atoms with E-state index in [1.165, 1.54) is 24.5 Å². The Balaban J connectivity index is 2.32. The lowest BCUT2D eigenvalue weighted by atomic mass is 10.1. The first-order valence-electron chi connectivity index (χ1n) is 8.83. The fourth-order valence-corrected chi connectivity index (χ4v) is 3.06. The van der Waals surface area contributed by atoms with Crippen molar-refractivity contribution in [3.63, 3.8) is 0 Å². The third-order valence-corrected chi connectivity index (χ3v) is 4.37. The van der Waals surface area contributed by atoms with Gasteiger partial charge in [0.25, 0.3) is 5.56 Å². The minimum Gasteiger partial charge on any atom is -0.490 e. The molecular weight excluding hydrogens is 396 g/mol. The number of aromatic nitrogens is 2. The molecule has 30 heavy (non-hydrogen) atoms. The van der Waals surface area contributed by atoms with Crippen molar-refractivity contribution in [1.82, 2.24) is 9.13 Å². The molecule has 0 aliphatic heterocycles. The summed E-state index contributed by atoms with van der Waals surface area (Å²) in [6.45, 7) is 3.62. The van der Waals surface area contributed by atoms with Gasteiger partial charge in [0.1, 0.15) is 24.2 Å². The Morgan fingerprint density at radius 3 is 2.60 bits per heavy atom. The molecule has 1 atom stereocenters. The molecule has 0 unspecified atom stereocenters. The third kappa shape index (κ3) is 4.02. The molecule has 0 radical (unpaired) electrons. The van der Waals surface area contributed by atoms with Crippen LogP contribution in [0, 0.1) is 0 Å². The maximum absolute atomic E-state index is 13.1. The summed E-state index contributed by atoms with van der Waals surface area (Å²) in [5.74, 6) is -2.38. The molecule has 0 saturated heterocycles. The topological polar surface area (TPSA) is 141 Å². The summed E-state index contributed by atoms with van der Waals surface area (Å²) in [5.41, 5.74) is -1.66. The molecule has 0 fully saturated rings. The molecule has 2 N–H and O–H groups in total. The third-order valence-electron chi connectivity index (χ3n) is 4.37. The zero-order chi connectivity index (χ0) is 21.8. The summed E-state index contributed by atoms with van der Waals surface area (Å²) in [4.78, 5) is 49.0. The van der Waals surface area contributed by atoms with Gasteiger partial charge in [0.15, 0.2) is 0 Å². The average molecular weight is 414 g/mol. The van der Waals surface area contributed by atoms with Crippen molar-refractivity contribution < 1.29 is 29.0 Å². The van der Waals surface area contributed by atoms with E-state index in [-0.39, 0.29) is 24.1 Å². The van der Waals surface area contributed by atoms with Crippen LogP contribution in [0.25, 0.3) is 10.9 Å². The molecule has 3 aromatic rings. The van der Waals surface area contributed by atoms with E-state index in [2.05, 4.69) is 6.58 Å². The fourth-order valence-electron chi connectivity index (χ4n) is 3.06. The Morgan fingerprint density at radius 2 is 2.00 bits per heavy atom. The molecule has 10 nitrogen and oxygen atoms in total. The summed E-state index contributed by atoms with van der Waals surface area (Å²) >= 11 is 0. The Bertz CT molecular complexity index is 1220. The highest BCUT2D eigenvalue weighted by molar-refractivity contribution is 5.82. The number of carboxylic acid groups (broad SMARTS) is 2. The highest BCUT2D eigenvalue weighted by atomic mass is 16.5. The predicted octanol–water partition coefficient (Wildman–Crippen LogP) is 1.47. The van der Waals surface area contributed by atoms with Gasteiger partial charge in [-0.15, -0.1) is 0 Å². The highest BCUT2D eigenvalue weighted by Crippen LogP contribution is 2.20. The van der Waals surface area contributed by atoms with Crippen LogP contribution in [0.1, 0.15) is 18.2 Å². The predicted molar refractivity (Wildman–Crippen MR) is 105 cm³/mol. The molecule has 1 aromatic carbocycles. The Hall–Kier alpha value is -4.08. The minimum atomic E-state index is -1.88. The number of furan rings is 1. The van der Waals surface area contributed by atoms with Crippen LogP contribution in [0.5, 0.6) is 5.75 Å². The number of hydrogen-bond donors (Lipinski definition) is 2. The van der Waals surface area contributed by atoms with Crippen LogP contribution in [-0.2, 0) is 16.1 Å². The van der Waals surface area contributed by atoms with Crippen LogP contribution in [0.2, 0.25) is 0 Å². The Kier molecular flexibility index (Phi) is 5.86. The zero-order valence-corrected chi connectivity index (χ0v) is 15.7. The largest absolute Gasteiger partial charge is 0.490 e. The van der Waals surface area contributed by atoms with Crippen LogP contribution >= 0.6 is 0 Å². The van der Waals surface area contributed by atoms with Crippen LogP contribution in [-0.4, -0.2) is 37.9 Å².